The maximum Gasteiger partial charge on any atom is 0.224 e. The quantitative estimate of drug-likeness (QED) is 0.225. The lowest BCUT2D eigenvalue weighted by Crippen LogP contribution is -2.52. The van der Waals surface area contributed by atoms with E-state index in [-0.39, 0.29) is 22.9 Å². The van der Waals surface area contributed by atoms with Gasteiger partial charge in [0.25, 0.3) is 0 Å². The van der Waals surface area contributed by atoms with E-state index in [0.717, 1.165) is 32.9 Å². The van der Waals surface area contributed by atoms with Crippen molar-refractivity contribution in [2.45, 2.75) is 29.6 Å². The molecule has 5 atom stereocenters. The lowest BCUT2D eigenvalue weighted by molar-refractivity contribution is -0.152. The van der Waals surface area contributed by atoms with E-state index in [9.17, 15) is 20.7 Å². The number of nitrogens with zero attached hydrogens (tertiary/aromatic N) is 4. The zero-order valence-corrected chi connectivity index (χ0v) is 25.3. The number of para-hydroxylation sites is 1. The molecule has 6 aromatic rings. The second-order valence-corrected chi connectivity index (χ2v) is 12.2. The van der Waals surface area contributed by atoms with E-state index >= 15 is 0 Å². The van der Waals surface area contributed by atoms with Gasteiger partial charge in [-0.2, -0.15) is 10.5 Å². The lowest BCUT2D eigenvalue weighted by Gasteiger charge is -2.41. The first-order valence-corrected chi connectivity index (χ1v) is 15.3. The van der Waals surface area contributed by atoms with E-state index in [1.54, 1.807) is 24.3 Å². The molecule has 8 heteroatoms. The summed E-state index contributed by atoms with van der Waals surface area (Å²) in [4.78, 5) is 9.28. The van der Waals surface area contributed by atoms with Crippen molar-refractivity contribution in [1.29, 1.82) is 10.5 Å². The second kappa shape index (κ2) is 10.6. The summed E-state index contributed by atoms with van der Waals surface area (Å²) in [5, 5.41) is 47.2. The van der Waals surface area contributed by atoms with Crippen molar-refractivity contribution in [2.24, 2.45) is 5.92 Å². The van der Waals surface area contributed by atoms with Gasteiger partial charge in [0.1, 0.15) is 17.5 Å². The van der Waals surface area contributed by atoms with Crippen LogP contribution >= 0.6 is 0 Å². The molecule has 1 aliphatic heterocycles. The number of aliphatic hydroxyl groups is 2. The average molecular weight is 617 g/mol. The van der Waals surface area contributed by atoms with E-state index in [2.05, 4.69) is 17.1 Å². The van der Waals surface area contributed by atoms with E-state index < -0.39 is 29.1 Å². The molecule has 1 aliphatic carbocycles. The normalized spacial score (nSPS) is 24.2. The first-order chi connectivity index (χ1) is 22.9. The first kappa shape index (κ1) is 28.7. The first-order valence-electron chi connectivity index (χ1n) is 15.3. The third kappa shape index (κ3) is 3.99. The second-order valence-electron chi connectivity index (χ2n) is 12.2. The molecule has 8 nitrogen and oxygen atoms in total. The number of ether oxygens (including phenoxy) is 2. The summed E-state index contributed by atoms with van der Waals surface area (Å²) in [6.45, 7) is 0. The third-order valence-corrected chi connectivity index (χ3v) is 9.88. The highest BCUT2D eigenvalue weighted by Crippen LogP contribution is 2.70. The molecular weight excluding hydrogens is 588 g/mol. The Bertz CT molecular complexity index is 2280. The van der Waals surface area contributed by atoms with Gasteiger partial charge in [-0.3, -0.25) is 0 Å². The van der Waals surface area contributed by atoms with Crippen LogP contribution in [-0.4, -0.2) is 33.4 Å². The Morgan fingerprint density at radius 2 is 1.60 bits per heavy atom. The average Bonchev–Trinajstić information content (AvgIpc) is 3.49. The predicted molar refractivity (Wildman–Crippen MR) is 174 cm³/mol. The molecule has 228 valence electrons. The van der Waals surface area contributed by atoms with Gasteiger partial charge in [0.2, 0.25) is 5.88 Å². The summed E-state index contributed by atoms with van der Waals surface area (Å²) in [7, 11) is 1.41. The van der Waals surface area contributed by atoms with Gasteiger partial charge >= 0.3 is 0 Å². The van der Waals surface area contributed by atoms with Gasteiger partial charge in [-0.25, -0.2) is 9.97 Å². The van der Waals surface area contributed by atoms with E-state index in [0.29, 0.717) is 17.5 Å². The van der Waals surface area contributed by atoms with Crippen LogP contribution in [0.4, 0.5) is 0 Å². The van der Waals surface area contributed by atoms with Gasteiger partial charge < -0.3 is 19.7 Å². The van der Waals surface area contributed by atoms with Crippen LogP contribution in [0.1, 0.15) is 39.4 Å². The standard InChI is InChI=1S/C39H28N4O4/c1-46-37-35-33(20-28(22-41)42-37)47-39(27-16-14-23(21-40)15-17-27)34(24-8-3-2-4-9-24)30(36(44)38(35,39)45)18-25-11-7-13-32-29(25)19-26-10-5-6-12-31(26)43-32/h2-17,19-20,30,34,36,44-45H,18H2,1H3/t30-,34+,36+,38-,39-/m0/s1. The number of fused-ring (bicyclic) bond motifs is 5. The molecule has 2 N–H and O–H groups in total. The Kier molecular flexibility index (Phi) is 6.49. The molecule has 0 saturated heterocycles. The summed E-state index contributed by atoms with van der Waals surface area (Å²) < 4.78 is 12.6. The molecule has 0 radical (unpaired) electrons. The van der Waals surface area contributed by atoms with Crippen molar-refractivity contribution >= 4 is 21.8 Å². The van der Waals surface area contributed by atoms with E-state index in [1.165, 1.54) is 13.2 Å². The number of methoxy groups -OCH3 is 1. The van der Waals surface area contributed by atoms with Crippen LogP contribution in [0.15, 0.2) is 109 Å². The number of aliphatic hydroxyl groups excluding tert-OH is 1. The minimum absolute atomic E-state index is 0.00409. The molecule has 8 rings (SSSR count). The van der Waals surface area contributed by atoms with Gasteiger partial charge in [-0.1, -0.05) is 72.8 Å². The van der Waals surface area contributed by atoms with Crippen LogP contribution in [0.2, 0.25) is 0 Å². The fourth-order valence-corrected chi connectivity index (χ4v) is 7.95. The minimum atomic E-state index is -2.07. The topological polar surface area (TPSA) is 132 Å². The predicted octanol–water partition coefficient (Wildman–Crippen LogP) is 6.03. The maximum absolute atomic E-state index is 13.2. The Morgan fingerprint density at radius 1 is 0.851 bits per heavy atom. The molecule has 3 heterocycles. The monoisotopic (exact) mass is 616 g/mol. The Morgan fingerprint density at radius 3 is 2.34 bits per heavy atom. The SMILES string of the molecule is COc1nc(C#N)cc2c1[C@]1(O)[C@H](O)[C@@H](Cc3cccc4nc5ccccc5cc34)[C@@H](c3ccccc3)[C@]1(c1ccc(C#N)cc1)O2. The van der Waals surface area contributed by atoms with Crippen LogP contribution in [0.3, 0.4) is 0 Å². The van der Waals surface area contributed by atoms with Gasteiger partial charge in [-0.15, -0.1) is 0 Å². The minimum Gasteiger partial charge on any atom is -0.481 e. The Balaban J connectivity index is 1.40. The van der Waals surface area contributed by atoms with Gasteiger partial charge in [0.05, 0.1) is 41.4 Å². The van der Waals surface area contributed by atoms with Crippen molar-refractivity contribution in [3.63, 3.8) is 0 Å². The molecule has 0 bridgehead atoms. The van der Waals surface area contributed by atoms with Crippen molar-refractivity contribution in [3.8, 4) is 23.8 Å². The summed E-state index contributed by atoms with van der Waals surface area (Å²) in [6, 6.07) is 38.4. The third-order valence-electron chi connectivity index (χ3n) is 9.88. The van der Waals surface area contributed by atoms with Crippen molar-refractivity contribution in [1.82, 2.24) is 9.97 Å². The number of nitriles is 2. The van der Waals surface area contributed by atoms with Gasteiger partial charge in [-0.05, 0) is 53.4 Å². The van der Waals surface area contributed by atoms with E-state index in [1.807, 2.05) is 78.9 Å². The number of aromatic nitrogens is 2. The van der Waals surface area contributed by atoms with Crippen molar-refractivity contribution in [2.75, 3.05) is 7.11 Å². The molecule has 1 saturated carbocycles. The number of hydrogen-bond donors (Lipinski definition) is 2. The van der Waals surface area contributed by atoms with Crippen LogP contribution in [0.5, 0.6) is 11.6 Å². The summed E-state index contributed by atoms with van der Waals surface area (Å²) in [5.41, 5.74) is 1.13. The molecule has 0 spiro atoms. The van der Waals surface area contributed by atoms with Gasteiger partial charge in [0.15, 0.2) is 11.2 Å². The van der Waals surface area contributed by atoms with E-state index in [4.69, 9.17) is 14.5 Å². The number of hydrogen-bond acceptors (Lipinski definition) is 8. The maximum atomic E-state index is 13.2. The molecule has 0 unspecified atom stereocenters. The fourth-order valence-electron chi connectivity index (χ4n) is 7.95. The molecular formula is C39H28N4O4. The molecule has 2 aliphatic rings. The van der Waals surface area contributed by atoms with Crippen LogP contribution in [-0.2, 0) is 17.6 Å². The summed E-state index contributed by atoms with van der Waals surface area (Å²) >= 11 is 0. The highest BCUT2D eigenvalue weighted by Gasteiger charge is 2.76. The smallest absolute Gasteiger partial charge is 0.224 e. The molecule has 47 heavy (non-hydrogen) atoms. The van der Waals surface area contributed by atoms with Crippen molar-refractivity contribution < 1.29 is 19.7 Å². The molecule has 2 aromatic heterocycles. The zero-order chi connectivity index (χ0) is 32.3. The summed E-state index contributed by atoms with van der Waals surface area (Å²) in [6.07, 6.45) is -1.000. The fraction of sp³-hybridized carbons (Fsp3) is 0.179. The van der Waals surface area contributed by atoms with Crippen molar-refractivity contribution in [3.05, 3.63) is 143 Å². The highest BCUT2D eigenvalue weighted by molar-refractivity contribution is 5.94. The number of rotatable bonds is 5. The van der Waals surface area contributed by atoms with Crippen LogP contribution in [0, 0.1) is 28.6 Å². The summed E-state index contributed by atoms with van der Waals surface area (Å²) in [5.74, 6) is -0.976. The molecule has 0 amide bonds. The zero-order valence-electron chi connectivity index (χ0n) is 25.3. The molecule has 4 aromatic carbocycles. The van der Waals surface area contributed by atoms with Crippen LogP contribution < -0.4 is 9.47 Å². The number of benzene rings is 4. The van der Waals surface area contributed by atoms with Gasteiger partial charge in [0, 0.05) is 28.7 Å². The number of pyridine rings is 2. The lowest BCUT2D eigenvalue weighted by atomic mass is 9.70. The molecule has 1 fully saturated rings. The van der Waals surface area contributed by atoms with Crippen LogP contribution in [0.25, 0.3) is 21.8 Å². The largest absolute Gasteiger partial charge is 0.481 e. The Labute approximate surface area is 270 Å². The Hall–Kier alpha value is -5.80. The highest BCUT2D eigenvalue weighted by atomic mass is 16.5.